The van der Waals surface area contributed by atoms with Crippen LogP contribution in [0.5, 0.6) is 0 Å². The van der Waals surface area contributed by atoms with Crippen molar-refractivity contribution >= 4 is 29.0 Å². The van der Waals surface area contributed by atoms with Gasteiger partial charge in [0, 0.05) is 22.0 Å². The fraction of sp³-hybridized carbons (Fsp3) is 0.200. The molecule has 2 rings (SSSR count). The van der Waals surface area contributed by atoms with Crippen molar-refractivity contribution in [2.24, 2.45) is 0 Å². The van der Waals surface area contributed by atoms with E-state index in [1.165, 1.54) is 24.3 Å². The second-order valence-electron chi connectivity index (χ2n) is 4.63. The molecule has 0 saturated carbocycles. The van der Waals surface area contributed by atoms with Crippen LogP contribution < -0.4 is 11.1 Å². The van der Waals surface area contributed by atoms with E-state index in [-0.39, 0.29) is 22.4 Å². The van der Waals surface area contributed by atoms with Gasteiger partial charge in [0.2, 0.25) is 0 Å². The molecule has 1 heterocycles. The number of benzene rings is 1. The number of nitrogens with two attached hydrogens (primary N) is 1. The molecule has 3 N–H and O–H groups in total. The van der Waals surface area contributed by atoms with Gasteiger partial charge in [0.1, 0.15) is 11.6 Å². The third-order valence-corrected chi connectivity index (χ3v) is 3.01. The lowest BCUT2D eigenvalue weighted by molar-refractivity contribution is 0.102. The maximum Gasteiger partial charge on any atom is 0.255 e. The zero-order chi connectivity index (χ0) is 15.4. The molecule has 0 aliphatic heterocycles. The van der Waals surface area contributed by atoms with E-state index in [2.05, 4.69) is 10.3 Å². The molecule has 1 aromatic heterocycles. The molecule has 110 valence electrons. The molecular weight excluding hydrogens is 293 g/mol. The van der Waals surface area contributed by atoms with Crippen LogP contribution in [0.1, 0.15) is 29.4 Å². The normalized spacial score (nSPS) is 10.4. The molecule has 0 atom stereocenters. The van der Waals surface area contributed by atoms with Crippen LogP contribution in [0, 0.1) is 5.82 Å². The Kier molecular flexibility index (Phi) is 4.75. The molecular formula is C15H15ClFN3O. The van der Waals surface area contributed by atoms with Gasteiger partial charge in [-0.15, -0.1) is 0 Å². The van der Waals surface area contributed by atoms with Crippen molar-refractivity contribution < 1.29 is 9.18 Å². The zero-order valence-corrected chi connectivity index (χ0v) is 12.2. The molecule has 21 heavy (non-hydrogen) atoms. The molecule has 1 aromatic carbocycles. The molecule has 0 bridgehead atoms. The molecule has 6 heteroatoms. The summed E-state index contributed by atoms with van der Waals surface area (Å²) in [5, 5.41) is 2.80. The zero-order valence-electron chi connectivity index (χ0n) is 11.5. The third kappa shape index (κ3) is 4.16. The Morgan fingerprint density at radius 2 is 2.10 bits per heavy atom. The van der Waals surface area contributed by atoms with Gasteiger partial charge in [-0.2, -0.15) is 0 Å². The number of carbonyl (C=O) groups excluding carboxylic acids is 1. The van der Waals surface area contributed by atoms with Crippen LogP contribution >= 0.6 is 11.6 Å². The van der Waals surface area contributed by atoms with E-state index in [9.17, 15) is 9.18 Å². The van der Waals surface area contributed by atoms with E-state index >= 15 is 0 Å². The summed E-state index contributed by atoms with van der Waals surface area (Å²) in [6, 6.07) is 6.99. The Hall–Kier alpha value is -2.14. The van der Waals surface area contributed by atoms with Crippen LogP contribution in [0.3, 0.4) is 0 Å². The summed E-state index contributed by atoms with van der Waals surface area (Å²) in [5.41, 5.74) is 7.12. The van der Waals surface area contributed by atoms with E-state index < -0.39 is 5.82 Å². The number of amides is 1. The number of hydrogen-bond donors (Lipinski definition) is 2. The third-order valence-electron chi connectivity index (χ3n) is 2.79. The molecule has 0 aliphatic carbocycles. The number of halogens is 2. The average Bonchev–Trinajstić information content (AvgIpc) is 2.37. The molecule has 2 aromatic rings. The predicted molar refractivity (Wildman–Crippen MR) is 82.0 cm³/mol. The SMILES string of the molecule is CCCc1cc(C(=O)Nc2cc(F)cc(Cl)c2)cc(N)n1. The number of hydrogen-bond acceptors (Lipinski definition) is 3. The molecule has 0 aliphatic rings. The minimum atomic E-state index is -0.515. The fourth-order valence-corrected chi connectivity index (χ4v) is 2.18. The number of pyridine rings is 1. The molecule has 1 amide bonds. The Morgan fingerprint density at radius 1 is 1.33 bits per heavy atom. The first kappa shape index (κ1) is 15.3. The van der Waals surface area contributed by atoms with Gasteiger partial charge in [-0.3, -0.25) is 4.79 Å². The van der Waals surface area contributed by atoms with Crippen LogP contribution in [0.15, 0.2) is 30.3 Å². The lowest BCUT2D eigenvalue weighted by atomic mass is 10.1. The van der Waals surface area contributed by atoms with Gasteiger partial charge >= 0.3 is 0 Å². The number of nitrogens with one attached hydrogen (secondary N) is 1. The largest absolute Gasteiger partial charge is 0.384 e. The van der Waals surface area contributed by atoms with Gasteiger partial charge in [0.15, 0.2) is 0 Å². The van der Waals surface area contributed by atoms with E-state index in [4.69, 9.17) is 17.3 Å². The highest BCUT2D eigenvalue weighted by Gasteiger charge is 2.10. The standard InChI is InChI=1S/C15H15ClFN3O/c1-2-3-12-4-9(5-14(18)19-12)15(21)20-13-7-10(16)6-11(17)8-13/h4-8H,2-3H2,1H3,(H2,18,19)(H,20,21). The summed E-state index contributed by atoms with van der Waals surface area (Å²) in [6.07, 6.45) is 1.63. The molecule has 0 radical (unpaired) electrons. The maximum atomic E-state index is 13.2. The Balaban J connectivity index is 2.23. The second-order valence-corrected chi connectivity index (χ2v) is 5.07. The number of nitrogens with zero attached hydrogens (tertiary/aromatic N) is 1. The first-order valence-corrected chi connectivity index (χ1v) is 6.89. The minimum absolute atomic E-state index is 0.214. The number of anilines is 2. The molecule has 4 nitrogen and oxygen atoms in total. The lowest BCUT2D eigenvalue weighted by Gasteiger charge is -2.08. The highest BCUT2D eigenvalue weighted by molar-refractivity contribution is 6.31. The van der Waals surface area contributed by atoms with E-state index in [0.29, 0.717) is 5.56 Å². The second kappa shape index (κ2) is 6.54. The minimum Gasteiger partial charge on any atom is -0.384 e. The topological polar surface area (TPSA) is 68.0 Å². The Bertz CT molecular complexity index is 656. The monoisotopic (exact) mass is 307 g/mol. The van der Waals surface area contributed by atoms with Crippen molar-refractivity contribution in [3.8, 4) is 0 Å². The highest BCUT2D eigenvalue weighted by Crippen LogP contribution is 2.19. The van der Waals surface area contributed by atoms with Crippen LogP contribution in [-0.4, -0.2) is 10.9 Å². The van der Waals surface area contributed by atoms with Gasteiger partial charge in [0.05, 0.1) is 0 Å². The molecule has 0 spiro atoms. The quantitative estimate of drug-likeness (QED) is 0.905. The van der Waals surface area contributed by atoms with E-state index in [1.54, 1.807) is 6.07 Å². The van der Waals surface area contributed by atoms with Crippen molar-refractivity contribution in [2.45, 2.75) is 19.8 Å². The first-order chi connectivity index (χ1) is 9.97. The van der Waals surface area contributed by atoms with Gasteiger partial charge < -0.3 is 11.1 Å². The Labute approximate surface area is 127 Å². The first-order valence-electron chi connectivity index (χ1n) is 6.52. The summed E-state index contributed by atoms with van der Waals surface area (Å²) in [6.45, 7) is 2.01. The van der Waals surface area contributed by atoms with Gasteiger partial charge in [-0.05, 0) is 36.8 Å². The van der Waals surface area contributed by atoms with E-state index in [1.807, 2.05) is 6.92 Å². The number of carbonyl (C=O) groups is 1. The summed E-state index contributed by atoms with van der Waals surface area (Å²) in [5.74, 6) is -0.620. The van der Waals surface area contributed by atoms with Gasteiger partial charge in [-0.1, -0.05) is 24.9 Å². The summed E-state index contributed by atoms with van der Waals surface area (Å²) >= 11 is 5.75. The molecule has 0 unspecified atom stereocenters. The summed E-state index contributed by atoms with van der Waals surface area (Å²) < 4.78 is 13.2. The van der Waals surface area contributed by atoms with Gasteiger partial charge in [0.25, 0.3) is 5.91 Å². The number of rotatable bonds is 4. The summed E-state index contributed by atoms with van der Waals surface area (Å²) in [4.78, 5) is 16.3. The van der Waals surface area contributed by atoms with Crippen molar-refractivity contribution in [3.63, 3.8) is 0 Å². The van der Waals surface area contributed by atoms with Crippen molar-refractivity contribution in [1.29, 1.82) is 0 Å². The predicted octanol–water partition coefficient (Wildman–Crippen LogP) is 3.66. The lowest BCUT2D eigenvalue weighted by Crippen LogP contribution is -2.13. The number of aromatic nitrogens is 1. The van der Waals surface area contributed by atoms with Crippen molar-refractivity contribution in [1.82, 2.24) is 4.98 Å². The summed E-state index contributed by atoms with van der Waals surface area (Å²) in [7, 11) is 0. The van der Waals surface area contributed by atoms with Gasteiger partial charge in [-0.25, -0.2) is 9.37 Å². The average molecular weight is 308 g/mol. The molecule has 0 fully saturated rings. The van der Waals surface area contributed by atoms with Crippen molar-refractivity contribution in [3.05, 3.63) is 52.4 Å². The van der Waals surface area contributed by atoms with Crippen molar-refractivity contribution in [2.75, 3.05) is 11.1 Å². The van der Waals surface area contributed by atoms with E-state index in [0.717, 1.165) is 18.5 Å². The molecule has 0 saturated heterocycles. The Morgan fingerprint density at radius 3 is 2.76 bits per heavy atom. The maximum absolute atomic E-state index is 13.2. The fourth-order valence-electron chi connectivity index (χ4n) is 1.96. The van der Waals surface area contributed by atoms with Crippen LogP contribution in [-0.2, 0) is 6.42 Å². The highest BCUT2D eigenvalue weighted by atomic mass is 35.5. The number of nitrogen functional groups attached to an aromatic ring is 1. The smallest absolute Gasteiger partial charge is 0.255 e. The van der Waals surface area contributed by atoms with Crippen LogP contribution in [0.4, 0.5) is 15.9 Å². The number of aryl methyl sites for hydroxylation is 1. The van der Waals surface area contributed by atoms with Crippen LogP contribution in [0.25, 0.3) is 0 Å². The van der Waals surface area contributed by atoms with Crippen LogP contribution in [0.2, 0.25) is 5.02 Å².